The number of benzene rings is 2. The summed E-state index contributed by atoms with van der Waals surface area (Å²) in [4.78, 5) is 8.45. The number of aromatic nitrogens is 8. The minimum absolute atomic E-state index is 0.156. The van der Waals surface area contributed by atoms with Gasteiger partial charge in [0.1, 0.15) is 11.6 Å². The van der Waals surface area contributed by atoms with Crippen molar-refractivity contribution in [2.75, 3.05) is 42.5 Å². The van der Waals surface area contributed by atoms with E-state index in [2.05, 4.69) is 51.6 Å². The first kappa shape index (κ1) is 26.4. The number of fused-ring (bicyclic) bond motifs is 2. The number of hydrogen-bond acceptors (Lipinski definition) is 11. The number of rotatable bonds is 7. The van der Waals surface area contributed by atoms with E-state index in [1.807, 2.05) is 28.7 Å². The molecule has 6 aromatic rings. The van der Waals surface area contributed by atoms with Crippen LogP contribution in [0, 0.1) is 5.82 Å². The van der Waals surface area contributed by atoms with E-state index in [0.717, 1.165) is 11.4 Å². The van der Waals surface area contributed by atoms with E-state index >= 15 is 0 Å². The lowest BCUT2D eigenvalue weighted by atomic mass is 10.3. The van der Waals surface area contributed by atoms with Gasteiger partial charge in [-0.05, 0) is 24.3 Å². The summed E-state index contributed by atoms with van der Waals surface area (Å²) in [7, 11) is 5.16. The Morgan fingerprint density at radius 3 is 1.95 bits per heavy atom. The normalized spacial score (nSPS) is 10.6. The maximum Gasteiger partial charge on any atom is 0.228 e. The van der Waals surface area contributed by atoms with Gasteiger partial charge in [-0.3, -0.25) is 8.80 Å². The van der Waals surface area contributed by atoms with Gasteiger partial charge in [-0.15, -0.1) is 20.4 Å². The Morgan fingerprint density at radius 2 is 1.38 bits per heavy atom. The third-order valence-electron chi connectivity index (χ3n) is 5.67. The van der Waals surface area contributed by atoms with Gasteiger partial charge in [-0.1, -0.05) is 29.8 Å². The highest BCUT2D eigenvalue weighted by Crippen LogP contribution is 2.29. The predicted octanol–water partition coefficient (Wildman–Crippen LogP) is 4.62. The maximum absolute atomic E-state index is 13.8. The minimum Gasteiger partial charge on any atom is -0.495 e. The number of hydrogen-bond donors (Lipinski definition) is 4. The molecule has 0 saturated carbocycles. The van der Waals surface area contributed by atoms with Gasteiger partial charge in [0.2, 0.25) is 23.2 Å². The van der Waals surface area contributed by atoms with Crippen molar-refractivity contribution in [3.05, 3.63) is 78.1 Å². The van der Waals surface area contributed by atoms with Crippen LogP contribution in [0.1, 0.15) is 0 Å². The topological polar surface area (TPSA) is 144 Å². The smallest absolute Gasteiger partial charge is 0.228 e. The average molecular weight is 563 g/mol. The number of methoxy groups -OCH3 is 1. The molecule has 0 fully saturated rings. The molecule has 2 aromatic carbocycles. The van der Waals surface area contributed by atoms with Crippen molar-refractivity contribution in [3.63, 3.8) is 0 Å². The number of nitrogens with one attached hydrogen (secondary N) is 4. The van der Waals surface area contributed by atoms with E-state index in [0.29, 0.717) is 34.8 Å². The molecule has 6 rings (SSSR count). The standard InChI is InChI=1S/C13H14N6O.C12H10ClFN6/c1-14-13-18-17-12-11(15-7-8-19(12)13)16-9-5-3-4-6-10(9)20-2;1-15-12-19-18-11-10(16-5-6-20(11)12)17-9-7(13)3-2-4-8(9)14/h3-8H,1-2H3,(H,14,18)(H,15,16);2-6H,1H3,(H,15,19)(H,16,17). The first-order chi connectivity index (χ1) is 19.5. The van der Waals surface area contributed by atoms with Crippen LogP contribution in [0.4, 0.5) is 39.3 Å². The molecule has 0 amide bonds. The van der Waals surface area contributed by atoms with Crippen LogP contribution in [0.5, 0.6) is 5.75 Å². The highest BCUT2D eigenvalue weighted by Gasteiger charge is 2.14. The summed E-state index contributed by atoms with van der Waals surface area (Å²) in [5.74, 6) is 2.48. The zero-order chi connectivity index (χ0) is 28.1. The molecule has 4 aromatic heterocycles. The summed E-state index contributed by atoms with van der Waals surface area (Å²) >= 11 is 5.98. The lowest BCUT2D eigenvalue weighted by Crippen LogP contribution is -2.01. The van der Waals surface area contributed by atoms with E-state index in [-0.39, 0.29) is 10.7 Å². The first-order valence-corrected chi connectivity index (χ1v) is 12.3. The monoisotopic (exact) mass is 562 g/mol. The van der Waals surface area contributed by atoms with E-state index < -0.39 is 5.82 Å². The molecule has 0 aliphatic rings. The van der Waals surface area contributed by atoms with Gasteiger partial charge in [-0.2, -0.15) is 0 Å². The Morgan fingerprint density at radius 1 is 0.775 bits per heavy atom. The van der Waals surface area contributed by atoms with Crippen LogP contribution in [-0.4, -0.2) is 60.4 Å². The highest BCUT2D eigenvalue weighted by molar-refractivity contribution is 6.33. The van der Waals surface area contributed by atoms with Gasteiger partial charge in [0.05, 0.1) is 23.5 Å². The molecule has 4 N–H and O–H groups in total. The van der Waals surface area contributed by atoms with Crippen LogP contribution >= 0.6 is 11.6 Å². The lowest BCUT2D eigenvalue weighted by Gasteiger charge is -2.10. The summed E-state index contributed by atoms with van der Waals surface area (Å²) in [6, 6.07) is 12.1. The van der Waals surface area contributed by atoms with Crippen molar-refractivity contribution in [1.29, 1.82) is 0 Å². The molecule has 0 aliphatic carbocycles. The van der Waals surface area contributed by atoms with Crippen LogP contribution < -0.4 is 26.0 Å². The van der Waals surface area contributed by atoms with Crippen LogP contribution in [0.15, 0.2) is 67.3 Å². The molecular weight excluding hydrogens is 539 g/mol. The van der Waals surface area contributed by atoms with Crippen molar-refractivity contribution in [2.24, 2.45) is 0 Å². The Hall–Kier alpha value is -5.24. The van der Waals surface area contributed by atoms with E-state index in [1.54, 1.807) is 56.5 Å². The Bertz CT molecular complexity index is 1750. The van der Waals surface area contributed by atoms with Crippen molar-refractivity contribution in [2.45, 2.75) is 0 Å². The molecule has 0 radical (unpaired) electrons. The van der Waals surface area contributed by atoms with Crippen LogP contribution in [-0.2, 0) is 0 Å². The fourth-order valence-corrected chi connectivity index (χ4v) is 3.99. The van der Waals surface area contributed by atoms with Gasteiger partial charge in [0, 0.05) is 38.9 Å². The molecule has 0 atom stereocenters. The van der Waals surface area contributed by atoms with E-state index in [4.69, 9.17) is 16.3 Å². The SMILES string of the molecule is CNc1nnc2c(Nc3c(F)cccc3Cl)nccn12.CNc1nnc2c(Nc3ccccc3OC)nccn12. The second kappa shape index (κ2) is 11.7. The second-order valence-electron chi connectivity index (χ2n) is 8.03. The van der Waals surface area contributed by atoms with Gasteiger partial charge in [0.25, 0.3) is 0 Å². The summed E-state index contributed by atoms with van der Waals surface area (Å²) in [6.45, 7) is 0. The second-order valence-corrected chi connectivity index (χ2v) is 8.44. The Kier molecular flexibility index (Phi) is 7.68. The molecule has 0 unspecified atom stereocenters. The van der Waals surface area contributed by atoms with Crippen molar-refractivity contribution >= 4 is 57.8 Å². The lowest BCUT2D eigenvalue weighted by molar-refractivity contribution is 0.417. The Labute approximate surface area is 232 Å². The third-order valence-corrected chi connectivity index (χ3v) is 5.98. The van der Waals surface area contributed by atoms with Crippen molar-refractivity contribution < 1.29 is 9.13 Å². The zero-order valence-corrected chi connectivity index (χ0v) is 22.3. The van der Waals surface area contributed by atoms with Crippen LogP contribution in [0.2, 0.25) is 5.02 Å². The molecular formula is C25H24ClFN12O. The first-order valence-electron chi connectivity index (χ1n) is 11.9. The molecule has 0 spiro atoms. The maximum atomic E-state index is 13.8. The molecule has 4 heterocycles. The fourth-order valence-electron chi connectivity index (χ4n) is 3.78. The van der Waals surface area contributed by atoms with Crippen molar-refractivity contribution in [3.8, 4) is 5.75 Å². The molecule has 13 nitrogen and oxygen atoms in total. The zero-order valence-electron chi connectivity index (χ0n) is 21.6. The quantitative estimate of drug-likeness (QED) is 0.216. The minimum atomic E-state index is -0.463. The van der Waals surface area contributed by atoms with Gasteiger partial charge in [0.15, 0.2) is 11.6 Å². The van der Waals surface area contributed by atoms with Gasteiger partial charge >= 0.3 is 0 Å². The Balaban J connectivity index is 0.000000161. The molecule has 0 bridgehead atoms. The number of ether oxygens (including phenoxy) is 1. The summed E-state index contributed by atoms with van der Waals surface area (Å²) in [5.41, 5.74) is 2.09. The molecule has 15 heteroatoms. The highest BCUT2D eigenvalue weighted by atomic mass is 35.5. The number of para-hydroxylation sites is 3. The molecule has 0 aliphatic heterocycles. The third kappa shape index (κ3) is 5.19. The van der Waals surface area contributed by atoms with E-state index in [9.17, 15) is 4.39 Å². The average Bonchev–Trinajstić information content (AvgIpc) is 3.61. The predicted molar refractivity (Wildman–Crippen MR) is 152 cm³/mol. The van der Waals surface area contributed by atoms with Crippen molar-refractivity contribution in [1.82, 2.24) is 39.2 Å². The summed E-state index contributed by atoms with van der Waals surface area (Å²) in [6.07, 6.45) is 6.76. The number of halogens is 2. The largest absolute Gasteiger partial charge is 0.495 e. The van der Waals surface area contributed by atoms with Gasteiger partial charge in [-0.25, -0.2) is 14.4 Å². The van der Waals surface area contributed by atoms with E-state index in [1.165, 1.54) is 12.1 Å². The number of anilines is 6. The summed E-state index contributed by atoms with van der Waals surface area (Å²) in [5, 5.41) is 28.3. The van der Waals surface area contributed by atoms with Crippen LogP contribution in [0.3, 0.4) is 0 Å². The van der Waals surface area contributed by atoms with Crippen LogP contribution in [0.25, 0.3) is 11.3 Å². The molecule has 40 heavy (non-hydrogen) atoms. The van der Waals surface area contributed by atoms with Gasteiger partial charge < -0.3 is 26.0 Å². The fraction of sp³-hybridized carbons (Fsp3) is 0.120. The molecule has 204 valence electrons. The molecule has 0 saturated heterocycles. The summed E-state index contributed by atoms with van der Waals surface area (Å²) < 4.78 is 22.6. The number of nitrogens with zero attached hydrogens (tertiary/aromatic N) is 8.